The molecule has 8 heteroatoms. The predicted molar refractivity (Wildman–Crippen MR) is 95.9 cm³/mol. The van der Waals surface area contributed by atoms with Gasteiger partial charge in [-0.25, -0.2) is 0 Å². The third-order valence-corrected chi connectivity index (χ3v) is 12.0. The molecule has 3 aliphatic rings. The Kier molecular flexibility index (Phi) is 4.75. The highest BCUT2D eigenvalue weighted by atomic mass is 32.3. The summed E-state index contributed by atoms with van der Waals surface area (Å²) >= 11 is 12.5. The summed E-state index contributed by atoms with van der Waals surface area (Å²) in [5, 5.41) is 0. The second-order valence-electron chi connectivity index (χ2n) is 3.29. The summed E-state index contributed by atoms with van der Waals surface area (Å²) in [6.07, 6.45) is 4.25. The van der Waals surface area contributed by atoms with Gasteiger partial charge in [-0.15, -0.1) is 35.3 Å². The topological polar surface area (TPSA) is 17.1 Å². The zero-order chi connectivity index (χ0) is 12.7. The van der Waals surface area contributed by atoms with E-state index in [0.29, 0.717) is 11.5 Å². The van der Waals surface area contributed by atoms with Crippen LogP contribution >= 0.6 is 82.3 Å². The smallest absolute Gasteiger partial charge is 0.181 e. The molecule has 0 aromatic rings. The lowest BCUT2D eigenvalue weighted by Gasteiger charge is -2.03. The van der Waals surface area contributed by atoms with Crippen molar-refractivity contribution in [2.24, 2.45) is 0 Å². The van der Waals surface area contributed by atoms with Gasteiger partial charge in [0.1, 0.15) is 0 Å². The lowest BCUT2D eigenvalue weighted by Crippen LogP contribution is -1.94. The molecule has 0 aromatic heterocycles. The van der Waals surface area contributed by atoms with E-state index in [0.717, 1.165) is 4.91 Å². The number of carbonyl (C=O) groups excluding carboxylic acids is 1. The Morgan fingerprint density at radius 2 is 1.50 bits per heavy atom. The number of hydrogen-bond donors (Lipinski definition) is 0. The molecule has 0 amide bonds. The minimum absolute atomic E-state index is 0.305. The van der Waals surface area contributed by atoms with Crippen molar-refractivity contribution in [3.63, 3.8) is 0 Å². The molecule has 0 bridgehead atoms. The van der Waals surface area contributed by atoms with E-state index in [-0.39, 0.29) is 0 Å². The van der Waals surface area contributed by atoms with Gasteiger partial charge in [-0.3, -0.25) is 4.79 Å². The van der Waals surface area contributed by atoms with Gasteiger partial charge < -0.3 is 0 Å². The molecule has 0 aliphatic carbocycles. The van der Waals surface area contributed by atoms with E-state index < -0.39 is 0 Å². The van der Waals surface area contributed by atoms with Crippen LogP contribution in [0, 0.1) is 0 Å². The van der Waals surface area contributed by atoms with Crippen LogP contribution in [-0.4, -0.2) is 24.0 Å². The molecule has 0 saturated carbocycles. The van der Waals surface area contributed by atoms with Gasteiger partial charge in [0, 0.05) is 0 Å². The van der Waals surface area contributed by atoms with Crippen molar-refractivity contribution in [2.75, 3.05) is 18.3 Å². The van der Waals surface area contributed by atoms with Gasteiger partial charge in [0.15, 0.2) is 5.78 Å². The molecule has 3 heterocycles. The van der Waals surface area contributed by atoms with Gasteiger partial charge in [-0.05, 0) is 12.5 Å². The Bertz CT molecular complexity index is 498. The van der Waals surface area contributed by atoms with Crippen LogP contribution in [0.2, 0.25) is 0 Å². The highest BCUT2D eigenvalue weighted by Crippen LogP contribution is 2.65. The predicted octanol–water partition coefficient (Wildman–Crippen LogP) is 5.41. The van der Waals surface area contributed by atoms with Gasteiger partial charge >= 0.3 is 0 Å². The molecule has 18 heavy (non-hydrogen) atoms. The van der Waals surface area contributed by atoms with Crippen LogP contribution in [0.15, 0.2) is 26.1 Å². The second kappa shape index (κ2) is 5.99. The Balaban J connectivity index is 1.79. The van der Waals surface area contributed by atoms with Crippen molar-refractivity contribution in [3.8, 4) is 0 Å². The Labute approximate surface area is 136 Å². The van der Waals surface area contributed by atoms with E-state index in [1.165, 1.54) is 21.2 Å². The standard InChI is InChI=1S/C10H8OS7/c1-12-7-8(13-2)18-10(17-7)9-15-5-4(11)3-14-6(5)16-9/h3H2,1-2H3. The first kappa shape index (κ1) is 14.3. The Morgan fingerprint density at radius 1 is 0.889 bits per heavy atom. The summed E-state index contributed by atoms with van der Waals surface area (Å²) in [6.45, 7) is 0. The normalized spacial score (nSPS) is 23.8. The summed E-state index contributed by atoms with van der Waals surface area (Å²) in [5.41, 5.74) is 0. The Morgan fingerprint density at radius 3 is 2.06 bits per heavy atom. The second-order valence-corrected chi connectivity index (χ2v) is 11.3. The summed E-state index contributed by atoms with van der Waals surface area (Å²) in [6, 6.07) is 0. The minimum atomic E-state index is 0.305. The lowest BCUT2D eigenvalue weighted by atomic mass is 10.4. The van der Waals surface area contributed by atoms with Crippen LogP contribution in [0.4, 0.5) is 0 Å². The molecule has 0 unspecified atom stereocenters. The fourth-order valence-corrected chi connectivity index (χ4v) is 10.9. The van der Waals surface area contributed by atoms with Gasteiger partial charge in [-0.2, -0.15) is 0 Å². The molecule has 0 spiro atoms. The fourth-order valence-electron chi connectivity index (χ4n) is 1.44. The molecule has 1 nitrogen and oxygen atoms in total. The van der Waals surface area contributed by atoms with Crippen LogP contribution in [0.5, 0.6) is 0 Å². The molecule has 0 atom stereocenters. The maximum Gasteiger partial charge on any atom is 0.181 e. The van der Waals surface area contributed by atoms with Crippen LogP contribution < -0.4 is 0 Å². The van der Waals surface area contributed by atoms with Crippen LogP contribution in [0.1, 0.15) is 0 Å². The quantitative estimate of drug-likeness (QED) is 0.635. The molecule has 0 aromatic carbocycles. The van der Waals surface area contributed by atoms with Crippen molar-refractivity contribution in [2.45, 2.75) is 0 Å². The number of allylic oxidation sites excluding steroid dienone is 1. The van der Waals surface area contributed by atoms with Crippen molar-refractivity contribution in [3.05, 3.63) is 26.1 Å². The SMILES string of the molecule is CSC1=C(SC)SC(=C2SC3=C(S2)C(=O)CS3)S1. The molecule has 0 N–H and O–H groups in total. The average molecular weight is 369 g/mol. The number of hydrogen-bond acceptors (Lipinski definition) is 8. The molecule has 96 valence electrons. The number of ketones is 1. The molecule has 3 rings (SSSR count). The Hall–Kier alpha value is 1.34. The first-order valence-electron chi connectivity index (χ1n) is 4.91. The van der Waals surface area contributed by atoms with Gasteiger partial charge in [0.25, 0.3) is 0 Å². The highest BCUT2D eigenvalue weighted by molar-refractivity contribution is 8.43. The average Bonchev–Trinajstić information content (AvgIpc) is 3.04. The number of thioether (sulfide) groups is 7. The van der Waals surface area contributed by atoms with E-state index in [1.807, 2.05) is 47.0 Å². The summed E-state index contributed by atoms with van der Waals surface area (Å²) < 4.78 is 6.65. The molecular weight excluding hydrogens is 361 g/mol. The van der Waals surface area contributed by atoms with Crippen molar-refractivity contribution >= 4 is 88.1 Å². The van der Waals surface area contributed by atoms with Crippen LogP contribution in [0.25, 0.3) is 0 Å². The maximum atomic E-state index is 11.7. The first-order chi connectivity index (χ1) is 8.72. The third-order valence-electron chi connectivity index (χ3n) is 2.23. The van der Waals surface area contributed by atoms with E-state index >= 15 is 0 Å². The number of carbonyl (C=O) groups is 1. The van der Waals surface area contributed by atoms with E-state index in [9.17, 15) is 4.79 Å². The summed E-state index contributed by atoms with van der Waals surface area (Å²) in [4.78, 5) is 12.7. The fraction of sp³-hybridized carbons (Fsp3) is 0.300. The highest BCUT2D eigenvalue weighted by Gasteiger charge is 2.35. The number of Topliss-reactive ketones (excluding diaryl/α,β-unsaturated/α-hetero) is 1. The van der Waals surface area contributed by atoms with Crippen molar-refractivity contribution in [1.82, 2.24) is 0 Å². The number of rotatable bonds is 2. The summed E-state index contributed by atoms with van der Waals surface area (Å²) in [5.74, 6) is 0.942. The van der Waals surface area contributed by atoms with E-state index in [4.69, 9.17) is 0 Å². The van der Waals surface area contributed by atoms with E-state index in [1.54, 1.807) is 35.3 Å². The largest absolute Gasteiger partial charge is 0.293 e. The zero-order valence-corrected chi connectivity index (χ0v) is 15.2. The van der Waals surface area contributed by atoms with Crippen LogP contribution in [-0.2, 0) is 4.79 Å². The summed E-state index contributed by atoms with van der Waals surface area (Å²) in [7, 11) is 0. The van der Waals surface area contributed by atoms with Gasteiger partial charge in [0.2, 0.25) is 0 Å². The maximum absolute atomic E-state index is 11.7. The minimum Gasteiger partial charge on any atom is -0.293 e. The molecule has 0 saturated heterocycles. The van der Waals surface area contributed by atoms with Crippen molar-refractivity contribution < 1.29 is 4.79 Å². The molecule has 0 fully saturated rings. The molecular formula is C10H8OS7. The first-order valence-corrected chi connectivity index (χ1v) is 11.6. The third kappa shape index (κ3) is 2.58. The zero-order valence-electron chi connectivity index (χ0n) is 9.47. The monoisotopic (exact) mass is 368 g/mol. The van der Waals surface area contributed by atoms with E-state index in [2.05, 4.69) is 12.5 Å². The van der Waals surface area contributed by atoms with Gasteiger partial charge in [0.05, 0.1) is 31.8 Å². The van der Waals surface area contributed by atoms with Crippen molar-refractivity contribution in [1.29, 1.82) is 0 Å². The molecule has 3 aliphatic heterocycles. The lowest BCUT2D eigenvalue weighted by molar-refractivity contribution is -0.112. The van der Waals surface area contributed by atoms with Gasteiger partial charge in [-0.1, -0.05) is 47.0 Å². The van der Waals surface area contributed by atoms with Crippen LogP contribution in [0.3, 0.4) is 0 Å². The molecule has 0 radical (unpaired) electrons.